The maximum absolute atomic E-state index is 12.8. The average Bonchev–Trinajstić information content (AvgIpc) is 2.24. The Morgan fingerprint density at radius 1 is 1.50 bits per heavy atom. The van der Waals surface area contributed by atoms with E-state index in [1.165, 1.54) is 20.9 Å². The van der Waals surface area contributed by atoms with Crippen LogP contribution in [0.2, 0.25) is 0 Å². The summed E-state index contributed by atoms with van der Waals surface area (Å²) in [5.41, 5.74) is -0.661. The number of carbonyl (C=O) groups excluding carboxylic acids is 2. The first-order chi connectivity index (χ1) is 8.20. The van der Waals surface area contributed by atoms with E-state index in [0.29, 0.717) is 0 Å². The van der Waals surface area contributed by atoms with Gasteiger partial charge in [-0.05, 0) is 13.8 Å². The molecule has 0 bridgehead atoms. The Labute approximate surface area is 102 Å². The number of nitrogens with one attached hydrogen (secondary N) is 1. The fourth-order valence-electron chi connectivity index (χ4n) is 1.55. The molecule has 1 atom stereocenters. The van der Waals surface area contributed by atoms with Crippen LogP contribution in [0.15, 0.2) is 11.3 Å². The molecule has 1 rings (SSSR count). The zero-order chi connectivity index (χ0) is 14.1. The highest BCUT2D eigenvalue weighted by molar-refractivity contribution is 5.94. The highest BCUT2D eigenvalue weighted by Gasteiger charge is 2.49. The van der Waals surface area contributed by atoms with E-state index in [4.69, 9.17) is 0 Å². The van der Waals surface area contributed by atoms with Gasteiger partial charge in [0.25, 0.3) is 0 Å². The second-order valence-corrected chi connectivity index (χ2v) is 3.70. The van der Waals surface area contributed by atoms with E-state index in [9.17, 15) is 22.8 Å². The van der Waals surface area contributed by atoms with Gasteiger partial charge in [-0.1, -0.05) is 0 Å². The van der Waals surface area contributed by atoms with E-state index in [-0.39, 0.29) is 12.3 Å². The van der Waals surface area contributed by atoms with E-state index < -0.39 is 29.8 Å². The molecule has 1 aliphatic rings. The number of alkyl halides is 3. The zero-order valence-corrected chi connectivity index (χ0v) is 10.1. The number of hydrogen-bond donors (Lipinski definition) is 1. The SMILES string of the molecule is CCOC(=O)C1=C(C)N(C)C(=O)NC1C(F)(F)F. The summed E-state index contributed by atoms with van der Waals surface area (Å²) in [4.78, 5) is 23.8. The molecule has 0 aromatic carbocycles. The van der Waals surface area contributed by atoms with Crippen LogP contribution >= 0.6 is 0 Å². The minimum absolute atomic E-state index is 0.0438. The normalized spacial score (nSPS) is 20.9. The molecule has 0 fully saturated rings. The molecular weight excluding hydrogens is 253 g/mol. The summed E-state index contributed by atoms with van der Waals surface area (Å²) in [6.07, 6.45) is -4.75. The Morgan fingerprint density at radius 3 is 2.50 bits per heavy atom. The van der Waals surface area contributed by atoms with Crippen LogP contribution in [0.4, 0.5) is 18.0 Å². The quantitative estimate of drug-likeness (QED) is 0.769. The Kier molecular flexibility index (Phi) is 3.88. The standard InChI is InChI=1S/C10H13F3N2O3/c1-4-18-8(16)6-5(2)15(3)9(17)14-7(6)10(11,12)13/h7H,4H2,1-3H3,(H,14,17). The minimum Gasteiger partial charge on any atom is -0.463 e. The lowest BCUT2D eigenvalue weighted by Gasteiger charge is -2.33. The van der Waals surface area contributed by atoms with E-state index in [2.05, 4.69) is 4.74 Å². The molecule has 1 aliphatic heterocycles. The van der Waals surface area contributed by atoms with Crippen LogP contribution in [0.25, 0.3) is 0 Å². The molecule has 8 heteroatoms. The number of carbonyl (C=O) groups is 2. The molecule has 18 heavy (non-hydrogen) atoms. The summed E-state index contributed by atoms with van der Waals surface area (Å²) in [6.45, 7) is 2.71. The number of amides is 2. The molecule has 0 radical (unpaired) electrons. The van der Waals surface area contributed by atoms with Crippen LogP contribution < -0.4 is 5.32 Å². The first-order valence-electron chi connectivity index (χ1n) is 5.19. The fourth-order valence-corrected chi connectivity index (χ4v) is 1.55. The molecule has 1 N–H and O–H groups in total. The molecule has 102 valence electrons. The van der Waals surface area contributed by atoms with E-state index in [1.54, 1.807) is 5.32 Å². The maximum Gasteiger partial charge on any atom is 0.413 e. The van der Waals surface area contributed by atoms with Crippen LogP contribution in [0.3, 0.4) is 0 Å². The molecule has 2 amide bonds. The van der Waals surface area contributed by atoms with Gasteiger partial charge in [-0.2, -0.15) is 13.2 Å². The Morgan fingerprint density at radius 2 is 2.06 bits per heavy atom. The largest absolute Gasteiger partial charge is 0.463 e. The lowest BCUT2D eigenvalue weighted by atomic mass is 10.0. The number of rotatable bonds is 2. The lowest BCUT2D eigenvalue weighted by Crippen LogP contribution is -2.56. The number of urea groups is 1. The zero-order valence-electron chi connectivity index (χ0n) is 10.1. The highest BCUT2D eigenvalue weighted by atomic mass is 19.4. The van der Waals surface area contributed by atoms with Gasteiger partial charge in [-0.25, -0.2) is 9.59 Å². The van der Waals surface area contributed by atoms with Crippen LogP contribution in [-0.4, -0.2) is 42.8 Å². The monoisotopic (exact) mass is 266 g/mol. The van der Waals surface area contributed by atoms with Crippen molar-refractivity contribution in [1.29, 1.82) is 0 Å². The molecule has 0 aromatic rings. The van der Waals surface area contributed by atoms with Crippen molar-refractivity contribution in [3.05, 3.63) is 11.3 Å². The second-order valence-electron chi connectivity index (χ2n) is 3.70. The summed E-state index contributed by atoms with van der Waals surface area (Å²) in [5, 5.41) is 1.73. The summed E-state index contributed by atoms with van der Waals surface area (Å²) < 4.78 is 43.0. The van der Waals surface area contributed by atoms with Gasteiger partial charge in [0.05, 0.1) is 12.2 Å². The van der Waals surface area contributed by atoms with Gasteiger partial charge in [0.2, 0.25) is 0 Å². The molecule has 0 spiro atoms. The molecule has 1 unspecified atom stereocenters. The van der Waals surface area contributed by atoms with Gasteiger partial charge < -0.3 is 15.0 Å². The van der Waals surface area contributed by atoms with Crippen molar-refractivity contribution in [1.82, 2.24) is 10.2 Å². The number of hydrogen-bond acceptors (Lipinski definition) is 3. The molecule has 5 nitrogen and oxygen atoms in total. The summed E-state index contributed by atoms with van der Waals surface area (Å²) in [7, 11) is 1.27. The number of allylic oxidation sites excluding steroid dienone is 1. The summed E-state index contributed by atoms with van der Waals surface area (Å²) >= 11 is 0. The van der Waals surface area contributed by atoms with Crippen molar-refractivity contribution in [2.45, 2.75) is 26.1 Å². The average molecular weight is 266 g/mol. The van der Waals surface area contributed by atoms with E-state index >= 15 is 0 Å². The number of halogens is 3. The third-order valence-corrected chi connectivity index (χ3v) is 2.58. The van der Waals surface area contributed by atoms with Crippen LogP contribution in [-0.2, 0) is 9.53 Å². The van der Waals surface area contributed by atoms with Gasteiger partial charge >= 0.3 is 18.2 Å². The lowest BCUT2D eigenvalue weighted by molar-refractivity contribution is -0.157. The summed E-state index contributed by atoms with van der Waals surface area (Å²) in [5.74, 6) is -1.08. The van der Waals surface area contributed by atoms with Crippen LogP contribution in [0.5, 0.6) is 0 Å². The first-order valence-corrected chi connectivity index (χ1v) is 5.19. The Hall–Kier alpha value is -1.73. The minimum atomic E-state index is -4.75. The molecule has 0 saturated carbocycles. The predicted molar refractivity (Wildman–Crippen MR) is 55.5 cm³/mol. The van der Waals surface area contributed by atoms with Gasteiger partial charge in [0.15, 0.2) is 6.04 Å². The predicted octanol–water partition coefficient (Wildman–Crippen LogP) is 1.41. The molecular formula is C10H13F3N2O3. The van der Waals surface area contributed by atoms with E-state index in [1.807, 2.05) is 0 Å². The smallest absolute Gasteiger partial charge is 0.413 e. The fraction of sp³-hybridized carbons (Fsp3) is 0.600. The van der Waals surface area contributed by atoms with Crippen molar-refractivity contribution in [3.8, 4) is 0 Å². The molecule has 0 saturated heterocycles. The van der Waals surface area contributed by atoms with Gasteiger partial charge in [0, 0.05) is 12.7 Å². The number of nitrogens with zero attached hydrogens (tertiary/aromatic N) is 1. The van der Waals surface area contributed by atoms with E-state index in [0.717, 1.165) is 4.90 Å². The maximum atomic E-state index is 12.8. The number of esters is 1. The third kappa shape index (κ3) is 2.57. The van der Waals surface area contributed by atoms with Crippen molar-refractivity contribution < 1.29 is 27.5 Å². The van der Waals surface area contributed by atoms with Gasteiger partial charge in [-0.15, -0.1) is 0 Å². The third-order valence-electron chi connectivity index (χ3n) is 2.58. The van der Waals surface area contributed by atoms with Crippen LogP contribution in [0, 0.1) is 0 Å². The highest BCUT2D eigenvalue weighted by Crippen LogP contribution is 2.31. The van der Waals surface area contributed by atoms with Crippen molar-refractivity contribution in [2.75, 3.05) is 13.7 Å². The molecule has 0 aliphatic carbocycles. The summed E-state index contributed by atoms with van der Waals surface area (Å²) in [6, 6.07) is -3.25. The van der Waals surface area contributed by atoms with Crippen LogP contribution in [0.1, 0.15) is 13.8 Å². The van der Waals surface area contributed by atoms with Crippen molar-refractivity contribution >= 4 is 12.0 Å². The number of ether oxygens (including phenoxy) is 1. The molecule has 0 aromatic heterocycles. The topological polar surface area (TPSA) is 58.6 Å². The van der Waals surface area contributed by atoms with Crippen molar-refractivity contribution in [3.63, 3.8) is 0 Å². The van der Waals surface area contributed by atoms with Gasteiger partial charge in [0.1, 0.15) is 0 Å². The Bertz CT molecular complexity index is 404. The first kappa shape index (κ1) is 14.3. The Balaban J connectivity index is 3.25. The van der Waals surface area contributed by atoms with Crippen molar-refractivity contribution in [2.24, 2.45) is 0 Å². The van der Waals surface area contributed by atoms with Gasteiger partial charge in [-0.3, -0.25) is 0 Å². The second kappa shape index (κ2) is 4.87. The molecule has 1 heterocycles.